The second-order valence-electron chi connectivity index (χ2n) is 13.1. The monoisotopic (exact) mass is 666 g/mol. The largest absolute Gasteiger partial charge is 0.444 e. The number of carbonyl (C=O) groups excluding carboxylic acids is 2. The number of piperidine rings is 1. The van der Waals surface area contributed by atoms with Gasteiger partial charge in [0, 0.05) is 35.1 Å². The second kappa shape index (κ2) is 12.3. The third-order valence-corrected chi connectivity index (χ3v) is 9.56. The molecular weight excluding hydrogens is 633 g/mol. The van der Waals surface area contributed by atoms with Crippen molar-refractivity contribution in [2.75, 3.05) is 13.1 Å². The molecule has 47 heavy (non-hydrogen) atoms. The Labute approximate surface area is 272 Å². The number of fused-ring (bicyclic) bond motifs is 1. The van der Waals surface area contributed by atoms with E-state index in [4.69, 9.17) is 11.3 Å². The van der Waals surface area contributed by atoms with Crippen molar-refractivity contribution in [3.05, 3.63) is 64.1 Å². The maximum atomic E-state index is 16.0. The number of hydrogen-bond acceptors (Lipinski definition) is 7. The molecule has 2 aromatic heterocycles. The van der Waals surface area contributed by atoms with Crippen LogP contribution in [0.4, 0.5) is 23.7 Å². The topological polar surface area (TPSA) is 114 Å². The third-order valence-electron chi connectivity index (χ3n) is 8.40. The number of aliphatic hydroxyl groups is 1. The molecule has 0 spiro atoms. The number of likely N-dealkylation sites (tertiary alicyclic amines) is 1. The number of hydrogen-bond donors (Lipinski definition) is 2. The highest BCUT2D eigenvalue weighted by atomic mass is 32.1. The molecule has 2 aromatic carbocycles. The van der Waals surface area contributed by atoms with Gasteiger partial charge in [0.05, 0.1) is 23.6 Å². The molecule has 2 N–H and O–H groups in total. The first-order chi connectivity index (χ1) is 22.2. The molecule has 1 saturated heterocycles. The number of benzene rings is 2. The first-order valence-corrected chi connectivity index (χ1v) is 16.1. The van der Waals surface area contributed by atoms with E-state index in [0.717, 1.165) is 28.5 Å². The van der Waals surface area contributed by atoms with Crippen LogP contribution in [0.5, 0.6) is 0 Å². The third kappa shape index (κ3) is 6.55. The number of amides is 2. The molecule has 0 unspecified atom stereocenters. The Kier molecular flexibility index (Phi) is 8.48. The molecule has 246 valence electrons. The number of ether oxygens (including phenoxy) is 1. The molecule has 1 atom stereocenters. The number of nitrogens with one attached hydrogen (secondary N) is 1. The minimum Gasteiger partial charge on any atom is -0.444 e. The van der Waals surface area contributed by atoms with Gasteiger partial charge in [0.2, 0.25) is 5.69 Å². The van der Waals surface area contributed by atoms with E-state index < -0.39 is 40.7 Å². The van der Waals surface area contributed by atoms with E-state index in [9.17, 15) is 19.1 Å². The highest BCUT2D eigenvalue weighted by Gasteiger charge is 2.36. The summed E-state index contributed by atoms with van der Waals surface area (Å²) in [4.78, 5) is 31.3. The van der Waals surface area contributed by atoms with Gasteiger partial charge in [-0.05, 0) is 76.6 Å². The normalized spacial score (nSPS) is 17.7. The van der Waals surface area contributed by atoms with Crippen molar-refractivity contribution in [1.82, 2.24) is 25.2 Å². The lowest BCUT2D eigenvalue weighted by atomic mass is 9.80. The van der Waals surface area contributed by atoms with Gasteiger partial charge in [-0.15, -0.1) is 16.4 Å². The number of rotatable bonds is 6. The summed E-state index contributed by atoms with van der Waals surface area (Å²) < 4.78 is 53.1. The number of halogens is 3. The zero-order valence-electron chi connectivity index (χ0n) is 26.1. The summed E-state index contributed by atoms with van der Waals surface area (Å²) in [6.45, 7) is 13.0. The maximum absolute atomic E-state index is 16.0. The van der Waals surface area contributed by atoms with E-state index >= 15 is 8.78 Å². The highest BCUT2D eigenvalue weighted by molar-refractivity contribution is 7.18. The number of nitrogens with zero attached hydrogens (tertiary/aromatic N) is 5. The molecule has 0 radical (unpaired) electrons. The van der Waals surface area contributed by atoms with E-state index in [1.165, 1.54) is 24.3 Å². The Morgan fingerprint density at radius 3 is 2.57 bits per heavy atom. The molecule has 1 aliphatic carbocycles. The van der Waals surface area contributed by atoms with Crippen molar-refractivity contribution in [2.45, 2.75) is 76.7 Å². The van der Waals surface area contributed by atoms with Crippen molar-refractivity contribution in [3.63, 3.8) is 0 Å². The van der Waals surface area contributed by atoms with E-state index in [-0.39, 0.29) is 62.3 Å². The summed E-state index contributed by atoms with van der Waals surface area (Å²) in [6, 6.07) is 6.37. The molecule has 14 heteroatoms. The lowest BCUT2D eigenvalue weighted by Crippen LogP contribution is -2.50. The van der Waals surface area contributed by atoms with E-state index in [1.54, 1.807) is 25.7 Å². The van der Waals surface area contributed by atoms with Gasteiger partial charge in [-0.3, -0.25) is 4.79 Å². The van der Waals surface area contributed by atoms with E-state index in [2.05, 4.69) is 20.5 Å². The molecular formula is C33H33F3N6O4S. The number of aromatic nitrogens is 3. The molecule has 10 nitrogen and oxygen atoms in total. The summed E-state index contributed by atoms with van der Waals surface area (Å²) in [5, 5.41) is 21.4. The average molecular weight is 667 g/mol. The summed E-state index contributed by atoms with van der Waals surface area (Å²) in [6.07, 6.45) is 2.52. The summed E-state index contributed by atoms with van der Waals surface area (Å²) in [7, 11) is 0. The Hall–Kier alpha value is -4.48. The van der Waals surface area contributed by atoms with Crippen molar-refractivity contribution >= 4 is 40.1 Å². The van der Waals surface area contributed by atoms with Crippen LogP contribution < -0.4 is 5.32 Å². The highest BCUT2D eigenvalue weighted by Crippen LogP contribution is 2.44. The molecule has 6 rings (SSSR count). The Morgan fingerprint density at radius 2 is 1.91 bits per heavy atom. The molecule has 1 aliphatic heterocycles. The van der Waals surface area contributed by atoms with E-state index in [1.807, 2.05) is 0 Å². The van der Waals surface area contributed by atoms with Gasteiger partial charge in [-0.25, -0.2) is 27.5 Å². The molecule has 4 aromatic rings. The summed E-state index contributed by atoms with van der Waals surface area (Å²) >= 11 is 0.921. The number of alkyl carbamates (subject to hydrolysis) is 1. The SMILES string of the molecule is [C-]#[N+]c1ccc(-c2cc(C(=O)N3CCC[C@@H](NC(=O)OC(C)(C)C)C3)sc2-c2cc3nnn(CC4(O)CCC4)c3c(F)c2F)cc1F. The predicted octanol–water partition coefficient (Wildman–Crippen LogP) is 6.84. The molecule has 3 heterocycles. The van der Waals surface area contributed by atoms with Gasteiger partial charge >= 0.3 is 6.09 Å². The van der Waals surface area contributed by atoms with Crippen LogP contribution in [-0.4, -0.2) is 67.3 Å². The molecule has 0 bridgehead atoms. The minimum atomic E-state index is -1.21. The van der Waals surface area contributed by atoms with Crippen LogP contribution in [0.15, 0.2) is 30.3 Å². The van der Waals surface area contributed by atoms with Crippen LogP contribution in [0, 0.1) is 24.0 Å². The smallest absolute Gasteiger partial charge is 0.407 e. The minimum absolute atomic E-state index is 0.0333. The van der Waals surface area contributed by atoms with Gasteiger partial charge in [0.1, 0.15) is 22.5 Å². The molecule has 1 saturated carbocycles. The van der Waals surface area contributed by atoms with Crippen molar-refractivity contribution in [2.24, 2.45) is 0 Å². The van der Waals surface area contributed by atoms with Crippen LogP contribution >= 0.6 is 11.3 Å². The van der Waals surface area contributed by atoms with Crippen molar-refractivity contribution in [3.8, 4) is 21.6 Å². The maximum Gasteiger partial charge on any atom is 0.407 e. The lowest BCUT2D eigenvalue weighted by molar-refractivity contribution is -0.0493. The molecule has 2 amide bonds. The fourth-order valence-corrected chi connectivity index (χ4v) is 7.11. The van der Waals surface area contributed by atoms with Gasteiger partial charge in [0.15, 0.2) is 11.6 Å². The van der Waals surface area contributed by atoms with Crippen molar-refractivity contribution in [1.29, 1.82) is 0 Å². The molecule has 2 aliphatic rings. The van der Waals surface area contributed by atoms with Gasteiger partial charge in [-0.2, -0.15) is 0 Å². The Morgan fingerprint density at radius 1 is 1.15 bits per heavy atom. The van der Waals surface area contributed by atoms with Crippen LogP contribution in [0.1, 0.15) is 62.5 Å². The van der Waals surface area contributed by atoms with Crippen molar-refractivity contribution < 1.29 is 32.6 Å². The van der Waals surface area contributed by atoms with Crippen LogP contribution in [0.2, 0.25) is 0 Å². The average Bonchev–Trinajstić information content (AvgIpc) is 3.61. The van der Waals surface area contributed by atoms with E-state index in [0.29, 0.717) is 32.2 Å². The van der Waals surface area contributed by atoms with Gasteiger partial charge < -0.3 is 20.1 Å². The predicted molar refractivity (Wildman–Crippen MR) is 170 cm³/mol. The fraction of sp³-hybridized carbons (Fsp3) is 0.424. The van der Waals surface area contributed by atoms with Crippen LogP contribution in [0.25, 0.3) is 37.4 Å². The first kappa shape index (κ1) is 32.5. The van der Waals surface area contributed by atoms with Crippen LogP contribution in [0.3, 0.4) is 0 Å². The lowest BCUT2D eigenvalue weighted by Gasteiger charge is -2.36. The quantitative estimate of drug-likeness (QED) is 0.218. The second-order valence-corrected chi connectivity index (χ2v) is 14.2. The fourth-order valence-electron chi connectivity index (χ4n) is 5.95. The zero-order chi connectivity index (χ0) is 33.7. The number of carbonyl (C=O) groups is 2. The number of thiophene rings is 1. The Balaban J connectivity index is 1.37. The van der Waals surface area contributed by atoms with Gasteiger partial charge in [-0.1, -0.05) is 17.3 Å². The summed E-state index contributed by atoms with van der Waals surface area (Å²) in [5.74, 6) is -3.60. The van der Waals surface area contributed by atoms with Crippen LogP contribution in [-0.2, 0) is 11.3 Å². The standard InChI is InChI=1S/C33H33F3N6O4S/c1-32(2,3)46-31(44)38-19-7-5-12-41(16-19)30(43)25-15-20(18-8-9-23(37-4)22(34)13-18)29(47-25)21-14-24-28(27(36)26(21)35)42(40-39-24)17-33(45)10-6-11-33/h8-9,13-15,19,45H,5-7,10-12,16-17H2,1-3H3,(H,38,44)/t19-/m1/s1. The zero-order valence-corrected chi connectivity index (χ0v) is 26.9. The summed E-state index contributed by atoms with van der Waals surface area (Å²) in [5.41, 5.74) is -1.75. The Bertz CT molecular complexity index is 1920. The van der Waals surface area contributed by atoms with Gasteiger partial charge in [0.25, 0.3) is 5.91 Å². The first-order valence-electron chi connectivity index (χ1n) is 15.3. The molecule has 2 fully saturated rings.